The standard InChI is InChI=1S/C24H25N5O4/c1-15-11-20-22(24(30)29(15)9-4-8-28-10-7-27-14-28)21(18(13-25)23(26)33-20)17-12-16(31-2)5-6-19(17)32-3/h5-7,10-12,14,21H,4,8-9,26H2,1-3H3. The van der Waals surface area contributed by atoms with Gasteiger partial charge in [-0.05, 0) is 31.5 Å². The van der Waals surface area contributed by atoms with E-state index in [2.05, 4.69) is 11.1 Å². The zero-order chi connectivity index (χ0) is 23.5. The van der Waals surface area contributed by atoms with Crippen LogP contribution in [0.1, 0.15) is 29.2 Å². The molecule has 1 aliphatic rings. The van der Waals surface area contributed by atoms with Crippen molar-refractivity contribution in [1.82, 2.24) is 14.1 Å². The van der Waals surface area contributed by atoms with E-state index in [1.165, 1.54) is 7.11 Å². The van der Waals surface area contributed by atoms with Crippen LogP contribution < -0.4 is 25.5 Å². The van der Waals surface area contributed by atoms with Crippen molar-refractivity contribution in [1.29, 1.82) is 5.26 Å². The average Bonchev–Trinajstić information content (AvgIpc) is 3.33. The number of methoxy groups -OCH3 is 2. The maximum absolute atomic E-state index is 13.8. The Morgan fingerprint density at radius 2 is 2.06 bits per heavy atom. The van der Waals surface area contributed by atoms with Crippen LogP contribution in [0.5, 0.6) is 17.2 Å². The number of aryl methyl sites for hydroxylation is 2. The van der Waals surface area contributed by atoms with E-state index in [1.807, 2.05) is 17.7 Å². The lowest BCUT2D eigenvalue weighted by molar-refractivity contribution is 0.379. The molecule has 0 amide bonds. The SMILES string of the molecule is COc1ccc(OC)c(C2C(C#N)=C(N)Oc3cc(C)n(CCCn4ccnc4)c(=O)c32)c1. The molecule has 1 aromatic carbocycles. The quantitative estimate of drug-likeness (QED) is 0.592. The number of nitrogens with zero attached hydrogens (tertiary/aromatic N) is 4. The molecular formula is C24H25N5O4. The van der Waals surface area contributed by atoms with E-state index >= 15 is 0 Å². The van der Waals surface area contributed by atoms with Gasteiger partial charge < -0.3 is 29.1 Å². The number of fused-ring (bicyclic) bond motifs is 1. The Balaban J connectivity index is 1.84. The van der Waals surface area contributed by atoms with Crippen LogP contribution in [0.3, 0.4) is 0 Å². The summed E-state index contributed by atoms with van der Waals surface area (Å²) in [4.78, 5) is 17.8. The summed E-state index contributed by atoms with van der Waals surface area (Å²) in [6.07, 6.45) is 6.08. The largest absolute Gasteiger partial charge is 0.497 e. The molecule has 1 unspecified atom stereocenters. The number of aromatic nitrogens is 3. The number of rotatable bonds is 7. The van der Waals surface area contributed by atoms with E-state index in [9.17, 15) is 10.1 Å². The van der Waals surface area contributed by atoms with Gasteiger partial charge in [0.25, 0.3) is 5.56 Å². The summed E-state index contributed by atoms with van der Waals surface area (Å²) in [5.41, 5.74) is 7.73. The van der Waals surface area contributed by atoms with Crippen LogP contribution in [0, 0.1) is 18.3 Å². The Morgan fingerprint density at radius 3 is 2.73 bits per heavy atom. The summed E-state index contributed by atoms with van der Waals surface area (Å²) in [7, 11) is 3.09. The van der Waals surface area contributed by atoms with Crippen molar-refractivity contribution >= 4 is 0 Å². The van der Waals surface area contributed by atoms with Crippen molar-refractivity contribution in [3.8, 4) is 23.3 Å². The second kappa shape index (κ2) is 9.12. The number of nitriles is 1. The number of ether oxygens (including phenoxy) is 3. The molecule has 0 fully saturated rings. The van der Waals surface area contributed by atoms with Crippen molar-refractivity contribution in [3.05, 3.63) is 81.6 Å². The highest BCUT2D eigenvalue weighted by Gasteiger charge is 2.36. The molecule has 3 aromatic rings. The van der Waals surface area contributed by atoms with Gasteiger partial charge in [0, 0.05) is 42.8 Å². The molecule has 9 heteroatoms. The van der Waals surface area contributed by atoms with Gasteiger partial charge in [-0.3, -0.25) is 4.79 Å². The third-order valence-electron chi connectivity index (χ3n) is 5.80. The molecule has 1 atom stereocenters. The normalized spacial score (nSPS) is 14.9. The Labute approximate surface area is 191 Å². The van der Waals surface area contributed by atoms with E-state index in [-0.39, 0.29) is 17.0 Å². The van der Waals surface area contributed by atoms with Crippen molar-refractivity contribution in [3.63, 3.8) is 0 Å². The molecule has 170 valence electrons. The second-order valence-electron chi connectivity index (χ2n) is 7.71. The topological polar surface area (TPSA) is 117 Å². The summed E-state index contributed by atoms with van der Waals surface area (Å²) in [5.74, 6) is 0.645. The minimum atomic E-state index is -0.753. The van der Waals surface area contributed by atoms with Gasteiger partial charge in [-0.2, -0.15) is 5.26 Å². The fourth-order valence-electron chi connectivity index (χ4n) is 4.17. The molecule has 0 bridgehead atoms. The van der Waals surface area contributed by atoms with Crippen LogP contribution in [0.2, 0.25) is 0 Å². The zero-order valence-electron chi connectivity index (χ0n) is 18.7. The maximum atomic E-state index is 13.8. The number of pyridine rings is 1. The Morgan fingerprint density at radius 1 is 1.24 bits per heavy atom. The molecule has 4 rings (SSSR count). The average molecular weight is 447 g/mol. The molecule has 9 nitrogen and oxygen atoms in total. The number of imidazole rings is 1. The highest BCUT2D eigenvalue weighted by molar-refractivity contribution is 5.59. The molecule has 2 aromatic heterocycles. The predicted molar refractivity (Wildman–Crippen MR) is 121 cm³/mol. The first-order valence-electron chi connectivity index (χ1n) is 10.5. The van der Waals surface area contributed by atoms with Crippen LogP contribution in [0.25, 0.3) is 0 Å². The summed E-state index contributed by atoms with van der Waals surface area (Å²) < 4.78 is 20.3. The molecule has 0 spiro atoms. The lowest BCUT2D eigenvalue weighted by Gasteiger charge is -2.28. The first-order chi connectivity index (χ1) is 16.0. The third kappa shape index (κ3) is 4.03. The highest BCUT2D eigenvalue weighted by atomic mass is 16.5. The Kier molecular flexibility index (Phi) is 6.09. The van der Waals surface area contributed by atoms with E-state index in [1.54, 1.807) is 48.5 Å². The maximum Gasteiger partial charge on any atom is 0.258 e. The van der Waals surface area contributed by atoms with Crippen molar-refractivity contribution < 1.29 is 14.2 Å². The predicted octanol–water partition coefficient (Wildman–Crippen LogP) is 2.68. The molecular weight excluding hydrogens is 422 g/mol. The van der Waals surface area contributed by atoms with E-state index in [0.717, 1.165) is 18.7 Å². The van der Waals surface area contributed by atoms with E-state index < -0.39 is 5.92 Å². The summed E-state index contributed by atoms with van der Waals surface area (Å²) in [6, 6.07) is 9.17. The number of hydrogen-bond donors (Lipinski definition) is 1. The van der Waals surface area contributed by atoms with Crippen LogP contribution in [-0.4, -0.2) is 28.3 Å². The smallest absolute Gasteiger partial charge is 0.258 e. The minimum Gasteiger partial charge on any atom is -0.497 e. The number of nitrogens with two attached hydrogens (primary N) is 1. The van der Waals surface area contributed by atoms with Gasteiger partial charge in [-0.15, -0.1) is 0 Å². The Bertz CT molecular complexity index is 1300. The summed E-state index contributed by atoms with van der Waals surface area (Å²) in [6.45, 7) is 3.07. The minimum absolute atomic E-state index is 0.0310. The second-order valence-corrected chi connectivity index (χ2v) is 7.71. The van der Waals surface area contributed by atoms with E-state index in [4.69, 9.17) is 19.9 Å². The lowest BCUT2D eigenvalue weighted by atomic mass is 9.83. The molecule has 0 radical (unpaired) electrons. The Hall–Kier alpha value is -4.19. The molecule has 0 aliphatic carbocycles. The number of allylic oxidation sites excluding steroid dienone is 1. The van der Waals surface area contributed by atoms with Crippen LogP contribution in [-0.2, 0) is 13.1 Å². The lowest BCUT2D eigenvalue weighted by Crippen LogP contribution is -2.33. The summed E-state index contributed by atoms with van der Waals surface area (Å²) in [5, 5.41) is 9.91. The van der Waals surface area contributed by atoms with Gasteiger partial charge >= 0.3 is 0 Å². The summed E-state index contributed by atoms with van der Waals surface area (Å²) >= 11 is 0. The molecule has 1 aliphatic heterocycles. The third-order valence-corrected chi connectivity index (χ3v) is 5.80. The van der Waals surface area contributed by atoms with Crippen LogP contribution >= 0.6 is 0 Å². The first kappa shape index (κ1) is 22.0. The number of hydrogen-bond acceptors (Lipinski definition) is 7. The van der Waals surface area contributed by atoms with Gasteiger partial charge in [-0.25, -0.2) is 4.98 Å². The zero-order valence-corrected chi connectivity index (χ0v) is 18.7. The van der Waals surface area contributed by atoms with Gasteiger partial charge in [0.1, 0.15) is 28.9 Å². The van der Waals surface area contributed by atoms with Gasteiger partial charge in [0.05, 0.1) is 32.0 Å². The van der Waals surface area contributed by atoms with Gasteiger partial charge in [-0.1, -0.05) is 0 Å². The first-order valence-corrected chi connectivity index (χ1v) is 10.5. The van der Waals surface area contributed by atoms with E-state index in [0.29, 0.717) is 34.9 Å². The molecule has 3 heterocycles. The van der Waals surface area contributed by atoms with Gasteiger partial charge in [0.2, 0.25) is 5.88 Å². The molecule has 0 saturated heterocycles. The van der Waals surface area contributed by atoms with Crippen molar-refractivity contribution in [2.75, 3.05) is 14.2 Å². The van der Waals surface area contributed by atoms with Crippen molar-refractivity contribution in [2.45, 2.75) is 32.4 Å². The number of benzene rings is 1. The molecule has 33 heavy (non-hydrogen) atoms. The fraction of sp³-hybridized carbons (Fsp3) is 0.292. The molecule has 0 saturated carbocycles. The fourth-order valence-corrected chi connectivity index (χ4v) is 4.17. The molecule has 2 N–H and O–H groups in total. The van der Waals surface area contributed by atoms with Crippen LogP contribution in [0.15, 0.2) is 59.2 Å². The van der Waals surface area contributed by atoms with Crippen molar-refractivity contribution in [2.24, 2.45) is 5.73 Å². The van der Waals surface area contributed by atoms with Gasteiger partial charge in [0.15, 0.2) is 0 Å². The monoisotopic (exact) mass is 447 g/mol. The highest BCUT2D eigenvalue weighted by Crippen LogP contribution is 2.44. The van der Waals surface area contributed by atoms with Crippen LogP contribution in [0.4, 0.5) is 0 Å².